The van der Waals surface area contributed by atoms with Crippen molar-refractivity contribution in [2.75, 3.05) is 6.61 Å². The molecule has 0 saturated heterocycles. The summed E-state index contributed by atoms with van der Waals surface area (Å²) in [5, 5.41) is 0. The Balaban J connectivity index is 2.00. The minimum Gasteiger partial charge on any atom is -0.494 e. The van der Waals surface area contributed by atoms with E-state index < -0.39 is 0 Å². The number of unbranched alkanes of at least 4 members (excludes halogenated alkanes) is 2. The average Bonchev–Trinajstić information content (AvgIpc) is 2.55. The Morgan fingerprint density at radius 3 is 2.25 bits per heavy atom. The molecule has 4 heteroatoms. The molecule has 24 heavy (non-hydrogen) atoms. The van der Waals surface area contributed by atoms with Crippen LogP contribution in [0.5, 0.6) is 11.5 Å². The Kier molecular flexibility index (Phi) is 6.85. The van der Waals surface area contributed by atoms with Crippen molar-refractivity contribution < 1.29 is 14.3 Å². The molecular weight excluding hydrogens is 368 g/mol. The molecule has 0 atom stereocenters. The first-order valence-electron chi connectivity index (χ1n) is 8.23. The molecule has 128 valence electrons. The molecule has 0 unspecified atom stereocenters. The van der Waals surface area contributed by atoms with Gasteiger partial charge in [-0.1, -0.05) is 35.7 Å². The third kappa shape index (κ3) is 5.10. The van der Waals surface area contributed by atoms with Gasteiger partial charge in [-0.15, -0.1) is 0 Å². The molecule has 3 nitrogen and oxygen atoms in total. The number of hydrogen-bond acceptors (Lipinski definition) is 3. The predicted octanol–water partition coefficient (Wildman–Crippen LogP) is 5.85. The maximum atomic E-state index is 12.3. The van der Waals surface area contributed by atoms with Gasteiger partial charge in [-0.05, 0) is 67.8 Å². The van der Waals surface area contributed by atoms with Crippen molar-refractivity contribution >= 4 is 21.9 Å². The third-order valence-corrected chi connectivity index (χ3v) is 4.18. The SMILES string of the molecule is CCCCCOc1ccc(C(=O)Oc2c(C)cc(Br)cc2C)cc1. The highest BCUT2D eigenvalue weighted by atomic mass is 79.9. The van der Waals surface area contributed by atoms with Crippen molar-refractivity contribution in [1.29, 1.82) is 0 Å². The van der Waals surface area contributed by atoms with Gasteiger partial charge in [0.2, 0.25) is 0 Å². The average molecular weight is 391 g/mol. The summed E-state index contributed by atoms with van der Waals surface area (Å²) in [6.07, 6.45) is 3.38. The monoisotopic (exact) mass is 390 g/mol. The number of benzene rings is 2. The van der Waals surface area contributed by atoms with Crippen molar-refractivity contribution in [3.05, 3.63) is 57.6 Å². The van der Waals surface area contributed by atoms with Crippen LogP contribution in [0.15, 0.2) is 40.9 Å². The van der Waals surface area contributed by atoms with E-state index in [2.05, 4.69) is 22.9 Å². The molecule has 0 aliphatic heterocycles. The summed E-state index contributed by atoms with van der Waals surface area (Å²) in [4.78, 5) is 12.3. The van der Waals surface area contributed by atoms with Crippen LogP contribution in [-0.2, 0) is 0 Å². The highest BCUT2D eigenvalue weighted by molar-refractivity contribution is 9.10. The summed E-state index contributed by atoms with van der Waals surface area (Å²) >= 11 is 3.44. The molecule has 0 saturated carbocycles. The van der Waals surface area contributed by atoms with E-state index in [1.807, 2.05) is 38.1 Å². The quantitative estimate of drug-likeness (QED) is 0.337. The lowest BCUT2D eigenvalue weighted by Crippen LogP contribution is -2.10. The second kappa shape index (κ2) is 8.88. The van der Waals surface area contributed by atoms with Crippen molar-refractivity contribution in [2.45, 2.75) is 40.0 Å². The molecule has 0 heterocycles. The highest BCUT2D eigenvalue weighted by Crippen LogP contribution is 2.28. The lowest BCUT2D eigenvalue weighted by atomic mass is 10.1. The van der Waals surface area contributed by atoms with Gasteiger partial charge in [-0.2, -0.15) is 0 Å². The standard InChI is InChI=1S/C20H23BrO3/c1-4-5-6-11-23-18-9-7-16(8-10-18)20(22)24-19-14(2)12-17(21)13-15(19)3/h7-10,12-13H,4-6,11H2,1-3H3. The minimum absolute atomic E-state index is 0.360. The van der Waals surface area contributed by atoms with Crippen LogP contribution >= 0.6 is 15.9 Å². The topological polar surface area (TPSA) is 35.5 Å². The van der Waals surface area contributed by atoms with Crippen molar-refractivity contribution in [3.8, 4) is 11.5 Å². The number of carbonyl (C=O) groups is 1. The van der Waals surface area contributed by atoms with Crippen molar-refractivity contribution in [3.63, 3.8) is 0 Å². The van der Waals surface area contributed by atoms with Crippen LogP contribution < -0.4 is 9.47 Å². The smallest absolute Gasteiger partial charge is 0.343 e. The minimum atomic E-state index is -0.360. The summed E-state index contributed by atoms with van der Waals surface area (Å²) < 4.78 is 12.2. The summed E-state index contributed by atoms with van der Waals surface area (Å²) in [5.74, 6) is 1.03. The summed E-state index contributed by atoms with van der Waals surface area (Å²) in [6.45, 7) is 6.71. The van der Waals surface area contributed by atoms with Crippen LogP contribution in [0.4, 0.5) is 0 Å². The van der Waals surface area contributed by atoms with Gasteiger partial charge >= 0.3 is 5.97 Å². The van der Waals surface area contributed by atoms with Gasteiger partial charge in [0.15, 0.2) is 0 Å². The van der Waals surface area contributed by atoms with Crippen molar-refractivity contribution in [1.82, 2.24) is 0 Å². The Morgan fingerprint density at radius 2 is 1.67 bits per heavy atom. The largest absolute Gasteiger partial charge is 0.494 e. The first-order valence-corrected chi connectivity index (χ1v) is 9.02. The van der Waals surface area contributed by atoms with Crippen molar-refractivity contribution in [2.24, 2.45) is 0 Å². The normalized spacial score (nSPS) is 10.5. The molecule has 0 aliphatic rings. The summed E-state index contributed by atoms with van der Waals surface area (Å²) in [7, 11) is 0. The van der Waals surface area contributed by atoms with Gasteiger partial charge in [0.05, 0.1) is 12.2 Å². The number of rotatable bonds is 7. The van der Waals surface area contributed by atoms with E-state index in [9.17, 15) is 4.79 Å². The molecule has 0 aliphatic carbocycles. The molecule has 0 amide bonds. The van der Waals surface area contributed by atoms with E-state index >= 15 is 0 Å². The van der Waals surface area contributed by atoms with E-state index in [4.69, 9.17) is 9.47 Å². The fourth-order valence-corrected chi connectivity index (χ4v) is 3.13. The van der Waals surface area contributed by atoms with Gasteiger partial charge in [-0.25, -0.2) is 4.79 Å². The fraction of sp³-hybridized carbons (Fsp3) is 0.350. The molecule has 0 aromatic heterocycles. The van der Waals surface area contributed by atoms with Gasteiger partial charge in [-0.3, -0.25) is 0 Å². The first kappa shape index (κ1) is 18.5. The Bertz CT molecular complexity index is 670. The predicted molar refractivity (Wildman–Crippen MR) is 100 cm³/mol. The molecule has 0 spiro atoms. The molecule has 0 radical (unpaired) electrons. The van der Waals surface area contributed by atoms with E-state index in [1.54, 1.807) is 12.1 Å². The number of esters is 1. The zero-order valence-corrected chi connectivity index (χ0v) is 16.0. The second-order valence-corrected chi connectivity index (χ2v) is 6.75. The third-order valence-electron chi connectivity index (χ3n) is 3.73. The molecule has 2 aromatic rings. The van der Waals surface area contributed by atoms with Gasteiger partial charge in [0, 0.05) is 4.47 Å². The Morgan fingerprint density at radius 1 is 1.04 bits per heavy atom. The van der Waals surface area contributed by atoms with Gasteiger partial charge in [0.1, 0.15) is 11.5 Å². The van der Waals surface area contributed by atoms with E-state index in [1.165, 1.54) is 6.42 Å². The highest BCUT2D eigenvalue weighted by Gasteiger charge is 2.13. The van der Waals surface area contributed by atoms with Crippen LogP contribution in [0.1, 0.15) is 47.7 Å². The first-order chi connectivity index (χ1) is 11.5. The maximum absolute atomic E-state index is 12.3. The Hall–Kier alpha value is -1.81. The zero-order valence-electron chi connectivity index (χ0n) is 14.4. The number of halogens is 1. The zero-order chi connectivity index (χ0) is 17.5. The molecule has 0 fully saturated rings. The van der Waals surface area contributed by atoms with Crippen LogP contribution in [0.2, 0.25) is 0 Å². The van der Waals surface area contributed by atoms with Crippen LogP contribution in [0.3, 0.4) is 0 Å². The summed E-state index contributed by atoms with van der Waals surface area (Å²) in [5.41, 5.74) is 2.36. The van der Waals surface area contributed by atoms with Crippen LogP contribution in [-0.4, -0.2) is 12.6 Å². The second-order valence-electron chi connectivity index (χ2n) is 5.84. The van der Waals surface area contributed by atoms with E-state index in [0.717, 1.165) is 34.2 Å². The van der Waals surface area contributed by atoms with Crippen LogP contribution in [0.25, 0.3) is 0 Å². The fourth-order valence-electron chi connectivity index (χ4n) is 2.44. The summed E-state index contributed by atoms with van der Waals surface area (Å²) in [6, 6.07) is 11.0. The number of ether oxygens (including phenoxy) is 2. The van der Waals surface area contributed by atoms with Gasteiger partial charge < -0.3 is 9.47 Å². The van der Waals surface area contributed by atoms with E-state index in [-0.39, 0.29) is 5.97 Å². The van der Waals surface area contributed by atoms with E-state index in [0.29, 0.717) is 17.9 Å². The maximum Gasteiger partial charge on any atom is 0.343 e. The number of aryl methyl sites for hydroxylation is 2. The Labute approximate surface area is 152 Å². The number of hydrogen-bond donors (Lipinski definition) is 0. The number of carbonyl (C=O) groups excluding carboxylic acids is 1. The molecule has 0 N–H and O–H groups in total. The molecular formula is C20H23BrO3. The molecule has 2 rings (SSSR count). The lowest BCUT2D eigenvalue weighted by molar-refractivity contribution is 0.0732. The van der Waals surface area contributed by atoms with Crippen LogP contribution in [0, 0.1) is 13.8 Å². The molecule has 0 bridgehead atoms. The lowest BCUT2D eigenvalue weighted by Gasteiger charge is -2.11. The van der Waals surface area contributed by atoms with Gasteiger partial charge in [0.25, 0.3) is 0 Å². The molecule has 2 aromatic carbocycles.